The van der Waals surface area contributed by atoms with Crippen LogP contribution in [0.1, 0.15) is 55.7 Å². The van der Waals surface area contributed by atoms with Gasteiger partial charge in [0.2, 0.25) is 11.9 Å². The average Bonchev–Trinajstić information content (AvgIpc) is 3.41. The van der Waals surface area contributed by atoms with Crippen molar-refractivity contribution in [3.63, 3.8) is 0 Å². The molecule has 2 aromatic heterocycles. The van der Waals surface area contributed by atoms with E-state index in [2.05, 4.69) is 35.8 Å². The van der Waals surface area contributed by atoms with Crippen LogP contribution in [0.15, 0.2) is 24.3 Å². The molecule has 4 rings (SSSR count). The highest BCUT2D eigenvalue weighted by molar-refractivity contribution is 5.50. The van der Waals surface area contributed by atoms with Crippen LogP contribution in [0.5, 0.6) is 0 Å². The Morgan fingerprint density at radius 1 is 1.14 bits per heavy atom. The predicted octanol–water partition coefficient (Wildman–Crippen LogP) is 4.23. The van der Waals surface area contributed by atoms with Gasteiger partial charge in [0, 0.05) is 29.7 Å². The molecule has 1 aliphatic rings. The zero-order chi connectivity index (χ0) is 19.7. The summed E-state index contributed by atoms with van der Waals surface area (Å²) in [6, 6.07) is 5.07. The number of aromatic amines is 1. The maximum Gasteiger partial charge on any atom is 0.233 e. The highest BCUT2D eigenvalue weighted by Gasteiger charge is 2.25. The summed E-state index contributed by atoms with van der Waals surface area (Å²) in [6.45, 7) is 3.57. The van der Waals surface area contributed by atoms with Crippen LogP contribution < -0.4 is 10.6 Å². The summed E-state index contributed by atoms with van der Waals surface area (Å²) in [5, 5.41) is 13.3. The molecular formula is C19H21F2N7. The largest absolute Gasteiger partial charge is 0.347 e. The first kappa shape index (κ1) is 18.3. The molecule has 7 nitrogen and oxygen atoms in total. The SMILES string of the molecule is CCc1nc(Nc2cc(C3CC3)[nH]n2)nc(NC(C)c2c(F)cccc2F)n1. The normalized spacial score (nSPS) is 14.7. The molecule has 9 heteroatoms. The van der Waals surface area contributed by atoms with E-state index in [1.807, 2.05) is 13.0 Å². The van der Waals surface area contributed by atoms with Crippen LogP contribution in [0.4, 0.5) is 26.5 Å². The maximum absolute atomic E-state index is 14.0. The summed E-state index contributed by atoms with van der Waals surface area (Å²) in [7, 11) is 0. The Morgan fingerprint density at radius 3 is 2.54 bits per heavy atom. The van der Waals surface area contributed by atoms with Crippen molar-refractivity contribution in [3.8, 4) is 0 Å². The van der Waals surface area contributed by atoms with Gasteiger partial charge in [-0.3, -0.25) is 5.10 Å². The second-order valence-electron chi connectivity index (χ2n) is 6.86. The van der Waals surface area contributed by atoms with Gasteiger partial charge in [0.05, 0.1) is 6.04 Å². The van der Waals surface area contributed by atoms with Crippen molar-refractivity contribution < 1.29 is 8.78 Å². The molecule has 0 saturated heterocycles. The topological polar surface area (TPSA) is 91.4 Å². The highest BCUT2D eigenvalue weighted by Crippen LogP contribution is 2.39. The molecule has 2 heterocycles. The highest BCUT2D eigenvalue weighted by atomic mass is 19.1. The third-order valence-electron chi connectivity index (χ3n) is 4.63. The van der Waals surface area contributed by atoms with Crippen molar-refractivity contribution in [1.82, 2.24) is 25.1 Å². The molecule has 0 amide bonds. The van der Waals surface area contributed by atoms with E-state index in [0.717, 1.165) is 5.69 Å². The number of nitrogens with one attached hydrogen (secondary N) is 3. The number of hydrogen-bond donors (Lipinski definition) is 3. The Bertz CT molecular complexity index is 964. The fourth-order valence-electron chi connectivity index (χ4n) is 3.01. The van der Waals surface area contributed by atoms with E-state index in [4.69, 9.17) is 0 Å². The van der Waals surface area contributed by atoms with Gasteiger partial charge in [-0.15, -0.1) is 0 Å². The Balaban J connectivity index is 1.55. The lowest BCUT2D eigenvalue weighted by Crippen LogP contribution is -2.15. The van der Waals surface area contributed by atoms with Gasteiger partial charge in [-0.25, -0.2) is 8.78 Å². The Kier molecular flexibility index (Phi) is 4.89. The van der Waals surface area contributed by atoms with E-state index in [-0.39, 0.29) is 11.5 Å². The molecule has 0 spiro atoms. The first-order valence-electron chi connectivity index (χ1n) is 9.31. The third-order valence-corrected chi connectivity index (χ3v) is 4.63. The number of benzene rings is 1. The summed E-state index contributed by atoms with van der Waals surface area (Å²) < 4.78 is 28.1. The molecule has 0 radical (unpaired) electrons. The van der Waals surface area contributed by atoms with Crippen LogP contribution in [0.3, 0.4) is 0 Å². The number of nitrogens with zero attached hydrogens (tertiary/aromatic N) is 4. The van der Waals surface area contributed by atoms with Crippen LogP contribution in [0.25, 0.3) is 0 Å². The van der Waals surface area contributed by atoms with Crippen molar-refractivity contribution in [3.05, 3.63) is 53.0 Å². The lowest BCUT2D eigenvalue weighted by Gasteiger charge is -2.16. The quantitative estimate of drug-likeness (QED) is 0.564. The molecule has 1 fully saturated rings. The summed E-state index contributed by atoms with van der Waals surface area (Å²) in [6.07, 6.45) is 2.93. The van der Waals surface area contributed by atoms with Crippen LogP contribution >= 0.6 is 0 Å². The first-order valence-corrected chi connectivity index (χ1v) is 9.31. The Hall–Kier alpha value is -3.10. The average molecular weight is 385 g/mol. The number of aryl methyl sites for hydroxylation is 1. The zero-order valence-electron chi connectivity index (χ0n) is 15.6. The first-order chi connectivity index (χ1) is 13.5. The summed E-state index contributed by atoms with van der Waals surface area (Å²) >= 11 is 0. The summed E-state index contributed by atoms with van der Waals surface area (Å²) in [5.41, 5.74) is 1.03. The minimum atomic E-state index is -0.659. The van der Waals surface area contributed by atoms with Gasteiger partial charge in [-0.2, -0.15) is 20.1 Å². The van der Waals surface area contributed by atoms with Gasteiger partial charge in [0.15, 0.2) is 5.82 Å². The number of rotatable bonds is 7. The van der Waals surface area contributed by atoms with Crippen LogP contribution in [0, 0.1) is 11.6 Å². The predicted molar refractivity (Wildman–Crippen MR) is 101 cm³/mol. The van der Waals surface area contributed by atoms with Crippen molar-refractivity contribution in [1.29, 1.82) is 0 Å². The third kappa shape index (κ3) is 3.92. The van der Waals surface area contributed by atoms with Gasteiger partial charge in [-0.1, -0.05) is 13.0 Å². The second kappa shape index (κ2) is 7.49. The molecule has 1 unspecified atom stereocenters. The summed E-state index contributed by atoms with van der Waals surface area (Å²) in [4.78, 5) is 13.0. The molecule has 3 aromatic rings. The fraction of sp³-hybridized carbons (Fsp3) is 0.368. The maximum atomic E-state index is 14.0. The van der Waals surface area contributed by atoms with Crippen LogP contribution in [0.2, 0.25) is 0 Å². The molecule has 1 aromatic carbocycles. The smallest absolute Gasteiger partial charge is 0.233 e. The summed E-state index contributed by atoms with van der Waals surface area (Å²) in [5.74, 6) is 1.06. The zero-order valence-corrected chi connectivity index (χ0v) is 15.6. The molecule has 0 bridgehead atoms. The van der Waals surface area contributed by atoms with Crippen molar-refractivity contribution >= 4 is 17.7 Å². The number of anilines is 3. The van der Waals surface area contributed by atoms with E-state index in [1.54, 1.807) is 6.92 Å². The van der Waals surface area contributed by atoms with Crippen molar-refractivity contribution in [2.75, 3.05) is 10.6 Å². The second-order valence-corrected chi connectivity index (χ2v) is 6.86. The van der Waals surface area contributed by atoms with Gasteiger partial charge >= 0.3 is 0 Å². The number of hydrogen-bond acceptors (Lipinski definition) is 6. The van der Waals surface area contributed by atoms with E-state index in [9.17, 15) is 8.78 Å². The van der Waals surface area contributed by atoms with Gasteiger partial charge in [0.1, 0.15) is 17.5 Å². The van der Waals surface area contributed by atoms with E-state index in [0.29, 0.717) is 29.9 Å². The minimum absolute atomic E-state index is 0.0585. The molecule has 3 N–H and O–H groups in total. The van der Waals surface area contributed by atoms with E-state index < -0.39 is 17.7 Å². The molecule has 1 aliphatic carbocycles. The van der Waals surface area contributed by atoms with Crippen LogP contribution in [-0.4, -0.2) is 25.1 Å². The number of H-pyrrole nitrogens is 1. The van der Waals surface area contributed by atoms with Gasteiger partial charge in [-0.05, 0) is 31.9 Å². The Labute approximate surface area is 161 Å². The number of aromatic nitrogens is 5. The lowest BCUT2D eigenvalue weighted by molar-refractivity contribution is 0.543. The van der Waals surface area contributed by atoms with Crippen molar-refractivity contribution in [2.45, 2.75) is 45.1 Å². The monoisotopic (exact) mass is 385 g/mol. The van der Waals surface area contributed by atoms with Crippen molar-refractivity contribution in [2.24, 2.45) is 0 Å². The Morgan fingerprint density at radius 2 is 1.86 bits per heavy atom. The fourth-order valence-corrected chi connectivity index (χ4v) is 3.01. The molecular weight excluding hydrogens is 364 g/mol. The molecule has 146 valence electrons. The molecule has 1 atom stereocenters. The number of halogens is 2. The minimum Gasteiger partial charge on any atom is -0.347 e. The molecule has 0 aliphatic heterocycles. The van der Waals surface area contributed by atoms with Gasteiger partial charge in [0.25, 0.3) is 0 Å². The molecule has 28 heavy (non-hydrogen) atoms. The lowest BCUT2D eigenvalue weighted by atomic mass is 10.1. The van der Waals surface area contributed by atoms with E-state index in [1.165, 1.54) is 31.0 Å². The molecule has 1 saturated carbocycles. The van der Waals surface area contributed by atoms with E-state index >= 15 is 0 Å². The van der Waals surface area contributed by atoms with Gasteiger partial charge < -0.3 is 10.6 Å². The van der Waals surface area contributed by atoms with Crippen LogP contribution in [-0.2, 0) is 6.42 Å². The standard InChI is InChI=1S/C19H21F2N7/c1-3-15-23-18(22-10(2)17-12(20)5-4-6-13(17)21)26-19(24-15)25-16-9-14(27-28-16)11-7-8-11/h4-6,9-11H,3,7-8H2,1-2H3,(H3,22,23,24,25,26,27,28).